The van der Waals surface area contributed by atoms with Gasteiger partial charge in [-0.2, -0.15) is 0 Å². The second-order valence-corrected chi connectivity index (χ2v) is 7.35. The Balaban J connectivity index is 1.48. The fourth-order valence-corrected chi connectivity index (χ4v) is 3.71. The Morgan fingerprint density at radius 3 is 2.38 bits per heavy atom. The van der Waals surface area contributed by atoms with Crippen LogP contribution in [0.4, 0.5) is 0 Å². The fourth-order valence-electron chi connectivity index (χ4n) is 3.58. The lowest BCUT2D eigenvalue weighted by Crippen LogP contribution is -2.42. The summed E-state index contributed by atoms with van der Waals surface area (Å²) in [5, 5.41) is 11.6. The van der Waals surface area contributed by atoms with Gasteiger partial charge in [-0.3, -0.25) is 0 Å². The van der Waals surface area contributed by atoms with Gasteiger partial charge in [-0.05, 0) is 68.0 Å². The smallest absolute Gasteiger partial charge is 0.0920 e. The van der Waals surface area contributed by atoms with E-state index in [1.807, 2.05) is 24.3 Å². The third-order valence-corrected chi connectivity index (χ3v) is 5.50. The van der Waals surface area contributed by atoms with E-state index in [0.717, 1.165) is 49.5 Å². The van der Waals surface area contributed by atoms with Crippen molar-refractivity contribution in [3.05, 3.63) is 70.2 Å². The van der Waals surface area contributed by atoms with E-state index in [1.165, 1.54) is 17.5 Å². The van der Waals surface area contributed by atoms with Gasteiger partial charge in [-0.25, -0.2) is 0 Å². The van der Waals surface area contributed by atoms with Crippen LogP contribution in [0.25, 0.3) is 0 Å². The van der Waals surface area contributed by atoms with E-state index in [0.29, 0.717) is 0 Å². The van der Waals surface area contributed by atoms with Gasteiger partial charge in [0.1, 0.15) is 0 Å². The third-order valence-electron chi connectivity index (χ3n) is 5.25. The molecule has 1 N–H and O–H groups in total. The van der Waals surface area contributed by atoms with Gasteiger partial charge < -0.3 is 10.0 Å². The summed E-state index contributed by atoms with van der Waals surface area (Å²) in [5.74, 6) is 0. The van der Waals surface area contributed by atoms with E-state index < -0.39 is 5.60 Å². The summed E-state index contributed by atoms with van der Waals surface area (Å²) in [6.07, 6.45) is 3.88. The lowest BCUT2D eigenvalue weighted by molar-refractivity contribution is -0.0259. The third kappa shape index (κ3) is 4.18. The maximum absolute atomic E-state index is 10.9. The molecule has 0 spiro atoms. The lowest BCUT2D eigenvalue weighted by Gasteiger charge is -2.38. The molecule has 0 bridgehead atoms. The topological polar surface area (TPSA) is 23.5 Å². The first kappa shape index (κ1) is 17.5. The van der Waals surface area contributed by atoms with Gasteiger partial charge >= 0.3 is 0 Å². The zero-order chi connectivity index (χ0) is 17.0. The summed E-state index contributed by atoms with van der Waals surface area (Å²) in [6.45, 7) is 5.19. The lowest BCUT2D eigenvalue weighted by atomic mass is 9.84. The molecule has 1 aliphatic heterocycles. The van der Waals surface area contributed by atoms with Crippen LogP contribution in [0.5, 0.6) is 0 Å². The van der Waals surface area contributed by atoms with Crippen LogP contribution >= 0.6 is 11.6 Å². The predicted molar refractivity (Wildman–Crippen MR) is 101 cm³/mol. The number of nitrogens with zero attached hydrogens (tertiary/aromatic N) is 1. The molecule has 0 radical (unpaired) electrons. The highest BCUT2D eigenvalue weighted by Gasteiger charge is 2.33. The van der Waals surface area contributed by atoms with E-state index >= 15 is 0 Å². The monoisotopic (exact) mass is 343 g/mol. The molecule has 1 saturated heterocycles. The molecule has 0 amide bonds. The van der Waals surface area contributed by atoms with Crippen molar-refractivity contribution < 1.29 is 5.11 Å². The summed E-state index contributed by atoms with van der Waals surface area (Å²) in [6, 6.07) is 16.3. The van der Waals surface area contributed by atoms with Crippen LogP contribution in [0.3, 0.4) is 0 Å². The molecule has 0 atom stereocenters. The predicted octanol–water partition coefficient (Wildman–Crippen LogP) is 4.56. The van der Waals surface area contributed by atoms with Gasteiger partial charge in [0.25, 0.3) is 0 Å². The molecule has 1 fully saturated rings. The average molecular weight is 344 g/mol. The largest absolute Gasteiger partial charge is 0.385 e. The molecule has 1 aliphatic rings. The Morgan fingerprint density at radius 2 is 1.71 bits per heavy atom. The second kappa shape index (κ2) is 7.69. The van der Waals surface area contributed by atoms with Crippen molar-refractivity contribution in [3.63, 3.8) is 0 Å². The highest BCUT2D eigenvalue weighted by molar-refractivity contribution is 6.30. The molecular weight excluding hydrogens is 318 g/mol. The molecule has 2 aromatic carbocycles. The second-order valence-electron chi connectivity index (χ2n) is 6.91. The number of aliphatic hydroxyl groups is 1. The van der Waals surface area contributed by atoms with E-state index in [2.05, 4.69) is 36.1 Å². The number of benzene rings is 2. The SMILES string of the molecule is Cc1ccccc1CCCN1CCC(O)(c2ccc(Cl)cc2)CC1. The van der Waals surface area contributed by atoms with Crippen molar-refractivity contribution in [2.45, 2.75) is 38.2 Å². The normalized spacial score (nSPS) is 17.8. The first-order chi connectivity index (χ1) is 11.6. The minimum absolute atomic E-state index is 0.697. The van der Waals surface area contributed by atoms with Crippen LogP contribution in [-0.4, -0.2) is 29.6 Å². The van der Waals surface area contributed by atoms with Crippen LogP contribution in [-0.2, 0) is 12.0 Å². The molecule has 2 aromatic rings. The van der Waals surface area contributed by atoms with Crippen molar-refractivity contribution in [3.8, 4) is 0 Å². The van der Waals surface area contributed by atoms with Crippen LogP contribution in [0.15, 0.2) is 48.5 Å². The van der Waals surface area contributed by atoms with Crippen molar-refractivity contribution >= 4 is 11.6 Å². The van der Waals surface area contributed by atoms with Crippen molar-refractivity contribution in [2.75, 3.05) is 19.6 Å². The van der Waals surface area contributed by atoms with Gasteiger partial charge in [0.05, 0.1) is 5.60 Å². The number of aryl methyl sites for hydroxylation is 2. The van der Waals surface area contributed by atoms with Gasteiger partial charge in [0.15, 0.2) is 0 Å². The maximum Gasteiger partial charge on any atom is 0.0920 e. The van der Waals surface area contributed by atoms with E-state index in [1.54, 1.807) is 0 Å². The molecular formula is C21H26ClNO. The molecule has 0 aliphatic carbocycles. The summed E-state index contributed by atoms with van der Waals surface area (Å²) < 4.78 is 0. The zero-order valence-electron chi connectivity index (χ0n) is 14.3. The Kier molecular flexibility index (Phi) is 5.60. The summed E-state index contributed by atoms with van der Waals surface area (Å²) in [5.41, 5.74) is 3.13. The van der Waals surface area contributed by atoms with Crippen LogP contribution in [0, 0.1) is 6.92 Å². The Labute approximate surface area is 150 Å². The Morgan fingerprint density at radius 1 is 1.04 bits per heavy atom. The standard InChI is InChI=1S/C21H26ClNO/c1-17-5-2-3-6-18(17)7-4-14-23-15-12-21(24,13-16-23)19-8-10-20(22)11-9-19/h2-3,5-6,8-11,24H,4,7,12-16H2,1H3. The Hall–Kier alpha value is -1.35. The highest BCUT2D eigenvalue weighted by Crippen LogP contribution is 2.33. The van der Waals surface area contributed by atoms with Gasteiger partial charge in [-0.1, -0.05) is 48.0 Å². The highest BCUT2D eigenvalue weighted by atomic mass is 35.5. The van der Waals surface area contributed by atoms with Gasteiger partial charge in [0, 0.05) is 18.1 Å². The summed E-state index contributed by atoms with van der Waals surface area (Å²) in [7, 11) is 0. The number of rotatable bonds is 5. The minimum atomic E-state index is -0.697. The minimum Gasteiger partial charge on any atom is -0.385 e. The molecule has 1 heterocycles. The quantitative estimate of drug-likeness (QED) is 0.860. The van der Waals surface area contributed by atoms with Crippen molar-refractivity contribution in [1.29, 1.82) is 0 Å². The molecule has 128 valence electrons. The first-order valence-electron chi connectivity index (χ1n) is 8.82. The number of hydrogen-bond donors (Lipinski definition) is 1. The number of hydrogen-bond acceptors (Lipinski definition) is 2. The number of piperidine rings is 1. The van der Waals surface area contributed by atoms with E-state index in [-0.39, 0.29) is 0 Å². The molecule has 24 heavy (non-hydrogen) atoms. The van der Waals surface area contributed by atoms with Crippen LogP contribution in [0.1, 0.15) is 36.0 Å². The van der Waals surface area contributed by atoms with Gasteiger partial charge in [0.2, 0.25) is 0 Å². The molecule has 0 unspecified atom stereocenters. The Bertz CT molecular complexity index is 660. The van der Waals surface area contributed by atoms with Crippen molar-refractivity contribution in [1.82, 2.24) is 4.90 Å². The summed E-state index contributed by atoms with van der Waals surface area (Å²) >= 11 is 5.95. The molecule has 3 rings (SSSR count). The summed E-state index contributed by atoms with van der Waals surface area (Å²) in [4.78, 5) is 2.47. The zero-order valence-corrected chi connectivity index (χ0v) is 15.1. The van der Waals surface area contributed by atoms with Crippen LogP contribution in [0.2, 0.25) is 5.02 Å². The maximum atomic E-state index is 10.9. The van der Waals surface area contributed by atoms with E-state index in [4.69, 9.17) is 11.6 Å². The van der Waals surface area contributed by atoms with E-state index in [9.17, 15) is 5.11 Å². The first-order valence-corrected chi connectivity index (χ1v) is 9.20. The molecule has 2 nitrogen and oxygen atoms in total. The fraction of sp³-hybridized carbons (Fsp3) is 0.429. The number of halogens is 1. The molecule has 3 heteroatoms. The molecule has 0 saturated carbocycles. The number of likely N-dealkylation sites (tertiary alicyclic amines) is 1. The van der Waals surface area contributed by atoms with Crippen LogP contribution < -0.4 is 0 Å². The molecule has 0 aromatic heterocycles. The van der Waals surface area contributed by atoms with Gasteiger partial charge in [-0.15, -0.1) is 0 Å². The van der Waals surface area contributed by atoms with Crippen molar-refractivity contribution in [2.24, 2.45) is 0 Å². The average Bonchev–Trinajstić information content (AvgIpc) is 2.59.